The summed E-state index contributed by atoms with van der Waals surface area (Å²) in [6, 6.07) is 91.3. The third-order valence-corrected chi connectivity index (χ3v) is 14.5. The molecule has 0 saturated carbocycles. The summed E-state index contributed by atoms with van der Waals surface area (Å²) < 4.78 is 6.96. The predicted octanol–water partition coefficient (Wildman–Crippen LogP) is 17.6. The van der Waals surface area contributed by atoms with Crippen molar-refractivity contribution < 1.29 is 4.42 Å². The van der Waals surface area contributed by atoms with E-state index in [1.807, 2.05) is 0 Å². The van der Waals surface area contributed by atoms with Crippen LogP contribution in [0.15, 0.2) is 253 Å². The van der Waals surface area contributed by atoms with Crippen LogP contribution in [0.3, 0.4) is 0 Å². The number of rotatable bonds is 6. The molecule has 1 heterocycles. The quantitative estimate of drug-likeness (QED) is 0.166. The highest BCUT2D eigenvalue weighted by atomic mass is 16.3. The first-order valence-electron chi connectivity index (χ1n) is 23.2. The van der Waals surface area contributed by atoms with Crippen molar-refractivity contribution in [1.82, 2.24) is 0 Å². The third kappa shape index (κ3) is 5.51. The zero-order valence-electron chi connectivity index (χ0n) is 36.5. The Kier molecular flexibility index (Phi) is 8.23. The first kappa shape index (κ1) is 37.6. The highest BCUT2D eigenvalue weighted by Crippen LogP contribution is 2.63. The van der Waals surface area contributed by atoms with Crippen molar-refractivity contribution in [2.75, 3.05) is 4.90 Å². The smallest absolute Gasteiger partial charge is 0.143 e. The van der Waals surface area contributed by atoms with E-state index in [-0.39, 0.29) is 0 Å². The van der Waals surface area contributed by atoms with Crippen molar-refractivity contribution in [1.29, 1.82) is 0 Å². The second-order valence-corrected chi connectivity index (χ2v) is 17.9. The number of nitrogens with zero attached hydrogens (tertiary/aromatic N) is 1. The van der Waals surface area contributed by atoms with Gasteiger partial charge in [-0.15, -0.1) is 0 Å². The second kappa shape index (κ2) is 14.7. The van der Waals surface area contributed by atoms with E-state index in [0.29, 0.717) is 0 Å². The average Bonchev–Trinajstić information content (AvgIpc) is 4.04. The molecule has 0 fully saturated rings. The van der Waals surface area contributed by atoms with Gasteiger partial charge in [-0.25, -0.2) is 0 Å². The van der Waals surface area contributed by atoms with Crippen molar-refractivity contribution in [3.05, 3.63) is 271 Å². The minimum atomic E-state index is -0.490. The summed E-state index contributed by atoms with van der Waals surface area (Å²) >= 11 is 0. The van der Waals surface area contributed by atoms with Crippen molar-refractivity contribution in [2.24, 2.45) is 0 Å². The van der Waals surface area contributed by atoms with E-state index >= 15 is 0 Å². The van der Waals surface area contributed by atoms with E-state index in [1.165, 1.54) is 61.2 Å². The molecule has 0 saturated heterocycles. The summed E-state index contributed by atoms with van der Waals surface area (Å²) in [6.45, 7) is 0. The molecule has 312 valence electrons. The van der Waals surface area contributed by atoms with E-state index in [2.05, 4.69) is 254 Å². The van der Waals surface area contributed by atoms with Gasteiger partial charge in [0.1, 0.15) is 11.2 Å². The van der Waals surface area contributed by atoms with Crippen LogP contribution in [0.5, 0.6) is 0 Å². The molecule has 0 bridgehead atoms. The fourth-order valence-corrected chi connectivity index (χ4v) is 11.6. The summed E-state index contributed by atoms with van der Waals surface area (Å²) in [5.41, 5.74) is 21.8. The first-order valence-corrected chi connectivity index (χ1v) is 23.2. The Hall–Kier alpha value is -8.72. The SMILES string of the molecule is c1ccc(-c2ccc(N(c3ccc4c(c3)C3(c5ccccc5-c5ccccc53)c3ccccc3-4)c3ccc4oc5c6ccccc6ccc5c4c3-c3cccc(-c4ccccc4)c3)cc2)cc1. The Morgan fingerprint density at radius 1 is 0.328 bits per heavy atom. The number of anilines is 3. The molecular formula is C65H41NO. The monoisotopic (exact) mass is 851 g/mol. The number of hydrogen-bond donors (Lipinski definition) is 0. The van der Waals surface area contributed by atoms with Crippen LogP contribution in [-0.4, -0.2) is 0 Å². The van der Waals surface area contributed by atoms with Gasteiger partial charge in [0.25, 0.3) is 0 Å². The molecule has 0 amide bonds. The van der Waals surface area contributed by atoms with Gasteiger partial charge >= 0.3 is 0 Å². The molecule has 0 radical (unpaired) electrons. The van der Waals surface area contributed by atoms with Gasteiger partial charge in [0, 0.05) is 33.1 Å². The molecule has 14 rings (SSSR count). The van der Waals surface area contributed by atoms with E-state index in [0.717, 1.165) is 66.5 Å². The van der Waals surface area contributed by atoms with Crippen LogP contribution in [0.1, 0.15) is 22.3 Å². The van der Waals surface area contributed by atoms with Crippen molar-refractivity contribution >= 4 is 49.8 Å². The van der Waals surface area contributed by atoms with Crippen molar-refractivity contribution in [3.63, 3.8) is 0 Å². The first-order chi connectivity index (χ1) is 33.2. The zero-order valence-corrected chi connectivity index (χ0v) is 36.5. The fraction of sp³-hybridized carbons (Fsp3) is 0.0154. The van der Waals surface area contributed by atoms with Gasteiger partial charge in [0.05, 0.1) is 11.1 Å². The molecule has 1 aromatic heterocycles. The maximum atomic E-state index is 6.96. The van der Waals surface area contributed by atoms with Gasteiger partial charge in [-0.2, -0.15) is 0 Å². The normalized spacial score (nSPS) is 12.9. The molecule has 67 heavy (non-hydrogen) atoms. The number of benzene rings is 11. The highest BCUT2D eigenvalue weighted by Gasteiger charge is 2.51. The number of fused-ring (bicyclic) bond motifs is 15. The average molecular weight is 852 g/mol. The molecular weight excluding hydrogens is 811 g/mol. The van der Waals surface area contributed by atoms with Crippen molar-refractivity contribution in [2.45, 2.75) is 5.41 Å². The van der Waals surface area contributed by atoms with Gasteiger partial charge in [0.2, 0.25) is 0 Å². The van der Waals surface area contributed by atoms with Crippen LogP contribution in [-0.2, 0) is 5.41 Å². The molecule has 0 unspecified atom stereocenters. The molecule has 12 aromatic rings. The molecule has 2 heteroatoms. The second-order valence-electron chi connectivity index (χ2n) is 17.9. The largest absolute Gasteiger partial charge is 0.455 e. The van der Waals surface area contributed by atoms with Gasteiger partial charge < -0.3 is 9.32 Å². The van der Waals surface area contributed by atoms with E-state index in [1.54, 1.807) is 0 Å². The van der Waals surface area contributed by atoms with Gasteiger partial charge in [-0.3, -0.25) is 0 Å². The fourth-order valence-electron chi connectivity index (χ4n) is 11.6. The summed E-state index contributed by atoms with van der Waals surface area (Å²) in [4.78, 5) is 2.49. The standard InChI is InChI=1S/C65H41NO/c1-3-16-42(17-4-1)44-30-33-48(34-31-44)66(49-35-37-54-53-26-11-14-29-58(53)65(59(54)41-49)56-27-12-9-24-51(56)52-25-10-13-28-57(52)65)60-38-39-61-63(55-36-32-45-20-7-8-23-50(45)64(55)67-61)62(60)47-22-15-21-46(40-47)43-18-5-2-6-19-43/h1-41H. The maximum Gasteiger partial charge on any atom is 0.143 e. The number of hydrogen-bond acceptors (Lipinski definition) is 2. The Morgan fingerprint density at radius 2 is 0.866 bits per heavy atom. The topological polar surface area (TPSA) is 16.4 Å². The van der Waals surface area contributed by atoms with E-state index < -0.39 is 5.41 Å². The molecule has 2 aliphatic rings. The maximum absolute atomic E-state index is 6.96. The van der Waals surface area contributed by atoms with E-state index in [9.17, 15) is 0 Å². The molecule has 11 aromatic carbocycles. The Labute approximate surface area is 389 Å². The molecule has 0 N–H and O–H groups in total. The van der Waals surface area contributed by atoms with Crippen LogP contribution >= 0.6 is 0 Å². The lowest BCUT2D eigenvalue weighted by atomic mass is 9.70. The lowest BCUT2D eigenvalue weighted by Crippen LogP contribution is -2.26. The summed E-state index contributed by atoms with van der Waals surface area (Å²) in [7, 11) is 0. The Bertz CT molecular complexity index is 3860. The van der Waals surface area contributed by atoms with Gasteiger partial charge in [-0.05, 0) is 126 Å². The lowest BCUT2D eigenvalue weighted by molar-refractivity contribution is 0.673. The zero-order chi connectivity index (χ0) is 44.1. The third-order valence-electron chi connectivity index (χ3n) is 14.5. The van der Waals surface area contributed by atoms with E-state index in [4.69, 9.17) is 4.42 Å². The molecule has 1 spiro atoms. The lowest BCUT2D eigenvalue weighted by Gasteiger charge is -2.33. The minimum Gasteiger partial charge on any atom is -0.455 e. The van der Waals surface area contributed by atoms with Crippen LogP contribution in [0, 0.1) is 0 Å². The van der Waals surface area contributed by atoms with Crippen LogP contribution in [0.2, 0.25) is 0 Å². The molecule has 2 nitrogen and oxygen atoms in total. The molecule has 0 aliphatic heterocycles. The summed E-state index contributed by atoms with van der Waals surface area (Å²) in [6.07, 6.45) is 0. The summed E-state index contributed by atoms with van der Waals surface area (Å²) in [5.74, 6) is 0. The molecule has 0 atom stereocenters. The van der Waals surface area contributed by atoms with Crippen LogP contribution < -0.4 is 4.90 Å². The van der Waals surface area contributed by atoms with Gasteiger partial charge in [-0.1, -0.05) is 200 Å². The van der Waals surface area contributed by atoms with Crippen molar-refractivity contribution in [3.8, 4) is 55.6 Å². The Balaban J connectivity index is 1.08. The number of furan rings is 1. The summed E-state index contributed by atoms with van der Waals surface area (Å²) in [5, 5.41) is 4.46. The highest BCUT2D eigenvalue weighted by molar-refractivity contribution is 6.21. The minimum absolute atomic E-state index is 0.490. The Morgan fingerprint density at radius 3 is 1.55 bits per heavy atom. The van der Waals surface area contributed by atoms with Gasteiger partial charge in [0.15, 0.2) is 0 Å². The predicted molar refractivity (Wildman–Crippen MR) is 279 cm³/mol. The molecule has 2 aliphatic carbocycles. The van der Waals surface area contributed by atoms with Crippen LogP contribution in [0.25, 0.3) is 88.3 Å². The van der Waals surface area contributed by atoms with Crippen LogP contribution in [0.4, 0.5) is 17.1 Å².